The summed E-state index contributed by atoms with van der Waals surface area (Å²) in [4.78, 5) is 33.3. The lowest BCUT2D eigenvalue weighted by Gasteiger charge is -2.40. The van der Waals surface area contributed by atoms with Gasteiger partial charge < -0.3 is 25.2 Å². The zero-order chi connectivity index (χ0) is 21.7. The number of pyridine rings is 1. The second-order valence-corrected chi connectivity index (χ2v) is 8.82. The maximum atomic E-state index is 12.7. The number of urea groups is 1. The number of carbonyl (C=O) groups excluding carboxylic acids is 1. The minimum absolute atomic E-state index is 0.00694. The van der Waals surface area contributed by atoms with E-state index in [1.54, 1.807) is 6.07 Å². The van der Waals surface area contributed by atoms with Crippen molar-refractivity contribution in [2.24, 2.45) is 11.8 Å². The molecule has 2 saturated heterocycles. The van der Waals surface area contributed by atoms with Gasteiger partial charge in [0.05, 0.1) is 5.69 Å². The fourth-order valence-corrected chi connectivity index (χ4v) is 4.29. The number of hydrogen-bond donors (Lipinski definition) is 1. The average Bonchev–Trinajstić information content (AvgIpc) is 2.75. The molecule has 2 aliphatic heterocycles. The van der Waals surface area contributed by atoms with Gasteiger partial charge in [-0.2, -0.15) is 0 Å². The van der Waals surface area contributed by atoms with E-state index in [0.717, 1.165) is 24.7 Å². The van der Waals surface area contributed by atoms with Gasteiger partial charge in [0, 0.05) is 44.8 Å². The van der Waals surface area contributed by atoms with Crippen molar-refractivity contribution in [1.29, 1.82) is 0 Å². The monoisotopic (exact) mass is 418 g/mol. The van der Waals surface area contributed by atoms with Crippen molar-refractivity contribution >= 4 is 17.5 Å². The third-order valence-corrected chi connectivity index (χ3v) is 6.37. The van der Waals surface area contributed by atoms with Gasteiger partial charge >= 0.3 is 11.8 Å². The Bertz CT molecular complexity index is 710. The Morgan fingerprint density at radius 2 is 1.87 bits per heavy atom. The second-order valence-electron chi connectivity index (χ2n) is 8.82. The molecule has 1 aromatic heterocycles. The first-order chi connectivity index (χ1) is 14.3. The molecule has 0 spiro atoms. The molecule has 2 aliphatic rings. The van der Waals surface area contributed by atoms with E-state index in [9.17, 15) is 14.9 Å². The second kappa shape index (κ2) is 10.1. The number of likely N-dealkylation sites (tertiary alicyclic amines) is 1. The molecule has 166 valence electrons. The summed E-state index contributed by atoms with van der Waals surface area (Å²) in [5, 5.41) is 13.9. The molecular weight excluding hydrogens is 384 g/mol. The lowest BCUT2D eigenvalue weighted by Crippen LogP contribution is -2.55. The fraction of sp³-hybridized carbons (Fsp3) is 0.714. The van der Waals surface area contributed by atoms with Crippen LogP contribution in [-0.4, -0.2) is 77.6 Å². The number of aromatic nitrogens is 1. The molecule has 0 bridgehead atoms. The molecular formula is C21H34N6O3. The van der Waals surface area contributed by atoms with Gasteiger partial charge in [-0.05, 0) is 53.7 Å². The Morgan fingerprint density at radius 3 is 2.40 bits per heavy atom. The Labute approximate surface area is 178 Å². The van der Waals surface area contributed by atoms with Crippen molar-refractivity contribution in [2.75, 3.05) is 50.7 Å². The van der Waals surface area contributed by atoms with Crippen molar-refractivity contribution in [3.05, 3.63) is 28.4 Å². The average molecular weight is 419 g/mol. The van der Waals surface area contributed by atoms with E-state index in [0.29, 0.717) is 44.7 Å². The molecule has 1 aromatic rings. The Kier molecular flexibility index (Phi) is 7.47. The third kappa shape index (κ3) is 5.59. The van der Waals surface area contributed by atoms with Gasteiger partial charge in [-0.1, -0.05) is 20.8 Å². The normalized spacial score (nSPS) is 19.7. The van der Waals surface area contributed by atoms with Crippen LogP contribution in [0.3, 0.4) is 0 Å². The largest absolute Gasteiger partial charge is 0.365 e. The van der Waals surface area contributed by atoms with Crippen LogP contribution in [0.5, 0.6) is 0 Å². The van der Waals surface area contributed by atoms with Crippen molar-refractivity contribution < 1.29 is 9.72 Å². The van der Waals surface area contributed by atoms with E-state index < -0.39 is 4.92 Å². The predicted octanol–water partition coefficient (Wildman–Crippen LogP) is 2.58. The van der Waals surface area contributed by atoms with Crippen molar-refractivity contribution in [3.63, 3.8) is 0 Å². The quantitative estimate of drug-likeness (QED) is 0.564. The zero-order valence-electron chi connectivity index (χ0n) is 18.3. The van der Waals surface area contributed by atoms with Gasteiger partial charge in [0.1, 0.15) is 0 Å². The van der Waals surface area contributed by atoms with Crippen LogP contribution < -0.4 is 10.2 Å². The number of carbonyl (C=O) groups is 1. The molecule has 2 fully saturated rings. The van der Waals surface area contributed by atoms with Crippen molar-refractivity contribution in [1.82, 2.24) is 20.1 Å². The number of piperazine rings is 1. The van der Waals surface area contributed by atoms with Crippen LogP contribution in [0.25, 0.3) is 0 Å². The number of nitrogens with one attached hydrogen (secondary N) is 1. The maximum Gasteiger partial charge on any atom is 0.363 e. The molecule has 0 saturated carbocycles. The molecule has 2 amide bonds. The predicted molar refractivity (Wildman–Crippen MR) is 117 cm³/mol. The van der Waals surface area contributed by atoms with Gasteiger partial charge in [0.15, 0.2) is 6.20 Å². The third-order valence-electron chi connectivity index (χ3n) is 6.37. The molecule has 3 heterocycles. The highest BCUT2D eigenvalue weighted by Gasteiger charge is 2.27. The summed E-state index contributed by atoms with van der Waals surface area (Å²) in [6.07, 6.45) is 3.99. The zero-order valence-corrected chi connectivity index (χ0v) is 18.3. The number of nitro groups is 1. The van der Waals surface area contributed by atoms with Gasteiger partial charge in [-0.25, -0.2) is 4.79 Å². The Hall–Kier alpha value is -2.42. The first-order valence-corrected chi connectivity index (χ1v) is 11.0. The lowest BCUT2D eigenvalue weighted by molar-refractivity contribution is -0.389. The summed E-state index contributed by atoms with van der Waals surface area (Å²) in [5.74, 6) is 1.13. The molecule has 3 rings (SSSR count). The number of anilines is 1. The topological polar surface area (TPSA) is 94.9 Å². The number of nitrogens with zero attached hydrogens (tertiary/aromatic N) is 5. The summed E-state index contributed by atoms with van der Waals surface area (Å²) in [6.45, 7) is 12.3. The Balaban J connectivity index is 1.47. The highest BCUT2D eigenvalue weighted by atomic mass is 16.6. The van der Waals surface area contributed by atoms with E-state index >= 15 is 0 Å². The highest BCUT2D eigenvalue weighted by molar-refractivity contribution is 5.74. The van der Waals surface area contributed by atoms with E-state index in [2.05, 4.69) is 40.9 Å². The Morgan fingerprint density at radius 1 is 1.20 bits per heavy atom. The maximum absolute atomic E-state index is 12.7. The van der Waals surface area contributed by atoms with Gasteiger partial charge in [0.25, 0.3) is 0 Å². The minimum Gasteiger partial charge on any atom is -0.365 e. The summed E-state index contributed by atoms with van der Waals surface area (Å²) in [5.41, 5.74) is 0.847. The van der Waals surface area contributed by atoms with E-state index in [-0.39, 0.29) is 11.8 Å². The van der Waals surface area contributed by atoms with Gasteiger partial charge in [-0.3, -0.25) is 4.90 Å². The first kappa shape index (κ1) is 22.3. The highest BCUT2D eigenvalue weighted by Crippen LogP contribution is 2.21. The van der Waals surface area contributed by atoms with Crippen LogP contribution in [0.2, 0.25) is 0 Å². The molecule has 30 heavy (non-hydrogen) atoms. The van der Waals surface area contributed by atoms with Crippen LogP contribution in [-0.2, 0) is 0 Å². The van der Waals surface area contributed by atoms with Gasteiger partial charge in [0.2, 0.25) is 0 Å². The molecule has 1 atom stereocenters. The fourth-order valence-electron chi connectivity index (χ4n) is 4.29. The number of hydrogen-bond acceptors (Lipinski definition) is 6. The molecule has 9 nitrogen and oxygen atoms in total. The molecule has 9 heteroatoms. The summed E-state index contributed by atoms with van der Waals surface area (Å²) in [6, 6.07) is 3.50. The van der Waals surface area contributed by atoms with Crippen molar-refractivity contribution in [3.8, 4) is 0 Å². The van der Waals surface area contributed by atoms with E-state index in [1.165, 1.54) is 25.1 Å². The van der Waals surface area contributed by atoms with Crippen LogP contribution in [0.15, 0.2) is 18.3 Å². The first-order valence-electron chi connectivity index (χ1n) is 11.0. The number of amides is 2. The van der Waals surface area contributed by atoms with Crippen LogP contribution in [0, 0.1) is 22.0 Å². The standard InChI is InChI=1S/C21H34N6O3/c1-16(2)19(25-8-6-17(3)7-9-25)15-23-21(28)26-12-10-24(11-13-26)18-4-5-20(22-14-18)27(29)30/h4-5,14,16-17,19H,6-13,15H2,1-3H3,(H,23,28)/t19-/m0/s1. The SMILES string of the molecule is CC1CCN([C@@H](CNC(=O)N2CCN(c3ccc([N+](=O)[O-])nc3)CC2)C(C)C)CC1. The lowest BCUT2D eigenvalue weighted by atomic mass is 9.94. The van der Waals surface area contributed by atoms with Crippen LogP contribution >= 0.6 is 0 Å². The van der Waals surface area contributed by atoms with E-state index in [4.69, 9.17) is 0 Å². The summed E-state index contributed by atoms with van der Waals surface area (Å²) >= 11 is 0. The molecule has 0 unspecified atom stereocenters. The molecule has 1 N–H and O–H groups in total. The van der Waals surface area contributed by atoms with Crippen LogP contribution in [0.1, 0.15) is 33.6 Å². The summed E-state index contributed by atoms with van der Waals surface area (Å²) in [7, 11) is 0. The van der Waals surface area contributed by atoms with E-state index in [1.807, 2.05) is 4.90 Å². The smallest absolute Gasteiger partial charge is 0.363 e. The molecule has 0 aliphatic carbocycles. The molecule has 0 aromatic carbocycles. The van der Waals surface area contributed by atoms with Crippen molar-refractivity contribution in [2.45, 2.75) is 39.7 Å². The molecule has 0 radical (unpaired) electrons. The number of rotatable bonds is 6. The van der Waals surface area contributed by atoms with Crippen LogP contribution in [0.4, 0.5) is 16.3 Å². The minimum atomic E-state index is -0.499. The van der Waals surface area contributed by atoms with Gasteiger partial charge in [-0.15, -0.1) is 0 Å². The summed E-state index contributed by atoms with van der Waals surface area (Å²) < 4.78 is 0. The number of piperidine rings is 1.